The summed E-state index contributed by atoms with van der Waals surface area (Å²) >= 11 is 0. The lowest BCUT2D eigenvalue weighted by molar-refractivity contribution is 0.102. The highest BCUT2D eigenvalue weighted by molar-refractivity contribution is 6.13. The maximum atomic E-state index is 13.3. The van der Waals surface area contributed by atoms with Gasteiger partial charge in [-0.2, -0.15) is 0 Å². The minimum absolute atomic E-state index is 0.253. The zero-order chi connectivity index (χ0) is 21.8. The summed E-state index contributed by atoms with van der Waals surface area (Å²) in [7, 11) is 4.75. The fourth-order valence-corrected chi connectivity index (χ4v) is 3.36. The lowest BCUT2D eigenvalue weighted by Crippen LogP contribution is -2.14. The second-order valence-corrected chi connectivity index (χ2v) is 6.82. The fourth-order valence-electron chi connectivity index (χ4n) is 3.36. The lowest BCUT2D eigenvalue weighted by atomic mass is 10.0. The molecule has 0 unspecified atom stereocenters. The number of ether oxygens (including phenoxy) is 3. The van der Waals surface area contributed by atoms with Gasteiger partial charge in [0, 0.05) is 17.0 Å². The van der Waals surface area contributed by atoms with E-state index in [4.69, 9.17) is 19.2 Å². The number of nitrogens with one attached hydrogen (secondary N) is 1. The maximum Gasteiger partial charge on any atom is 0.256 e. The van der Waals surface area contributed by atoms with Crippen molar-refractivity contribution in [3.05, 3.63) is 78.4 Å². The average molecular weight is 414 g/mol. The Labute approximate surface area is 180 Å². The molecule has 1 amide bonds. The highest BCUT2D eigenvalue weighted by atomic mass is 16.5. The predicted octanol–water partition coefficient (Wildman–Crippen LogP) is 5.18. The molecule has 0 atom stereocenters. The Morgan fingerprint density at radius 1 is 0.806 bits per heavy atom. The molecular formula is C25H22N2O4. The summed E-state index contributed by atoms with van der Waals surface area (Å²) in [4.78, 5) is 18.0. The molecule has 3 aromatic carbocycles. The molecule has 0 bridgehead atoms. The topological polar surface area (TPSA) is 69.7 Å². The van der Waals surface area contributed by atoms with E-state index < -0.39 is 0 Å². The number of aromatic nitrogens is 1. The zero-order valence-corrected chi connectivity index (χ0v) is 17.5. The van der Waals surface area contributed by atoms with Gasteiger partial charge in [0.1, 0.15) is 17.2 Å². The van der Waals surface area contributed by atoms with Gasteiger partial charge >= 0.3 is 0 Å². The highest BCUT2D eigenvalue weighted by Crippen LogP contribution is 2.31. The van der Waals surface area contributed by atoms with Gasteiger partial charge in [0.15, 0.2) is 0 Å². The summed E-state index contributed by atoms with van der Waals surface area (Å²) in [6, 6.07) is 22.2. The van der Waals surface area contributed by atoms with Crippen LogP contribution in [0.5, 0.6) is 17.2 Å². The molecule has 31 heavy (non-hydrogen) atoms. The first kappa shape index (κ1) is 20.2. The van der Waals surface area contributed by atoms with Crippen LogP contribution in [0, 0.1) is 0 Å². The van der Waals surface area contributed by atoms with Crippen LogP contribution in [-0.2, 0) is 0 Å². The first-order valence-electron chi connectivity index (χ1n) is 9.70. The van der Waals surface area contributed by atoms with Crippen LogP contribution in [0.25, 0.3) is 22.2 Å². The molecule has 0 aliphatic heterocycles. The monoisotopic (exact) mass is 414 g/mol. The van der Waals surface area contributed by atoms with Crippen molar-refractivity contribution in [3.8, 4) is 28.5 Å². The van der Waals surface area contributed by atoms with E-state index in [-0.39, 0.29) is 5.91 Å². The molecule has 156 valence electrons. The second kappa shape index (κ2) is 8.75. The van der Waals surface area contributed by atoms with Crippen molar-refractivity contribution in [3.63, 3.8) is 0 Å². The molecular weight excluding hydrogens is 392 g/mol. The summed E-state index contributed by atoms with van der Waals surface area (Å²) in [5.41, 5.74) is 3.41. The Morgan fingerprint density at radius 3 is 2.23 bits per heavy atom. The molecule has 6 heteroatoms. The smallest absolute Gasteiger partial charge is 0.256 e. The summed E-state index contributed by atoms with van der Waals surface area (Å²) in [5.74, 6) is 1.67. The predicted molar refractivity (Wildman–Crippen MR) is 121 cm³/mol. The van der Waals surface area contributed by atoms with Crippen molar-refractivity contribution in [1.29, 1.82) is 0 Å². The number of pyridine rings is 1. The molecule has 1 aromatic heterocycles. The van der Waals surface area contributed by atoms with E-state index in [0.717, 1.165) is 22.2 Å². The number of hydrogen-bond donors (Lipinski definition) is 1. The number of anilines is 1. The van der Waals surface area contributed by atoms with Crippen molar-refractivity contribution in [2.75, 3.05) is 26.6 Å². The van der Waals surface area contributed by atoms with Gasteiger partial charge in [-0.15, -0.1) is 0 Å². The Kier molecular flexibility index (Phi) is 5.71. The molecule has 6 nitrogen and oxygen atoms in total. The number of carbonyl (C=O) groups excluding carboxylic acids is 1. The van der Waals surface area contributed by atoms with Crippen molar-refractivity contribution in [2.45, 2.75) is 0 Å². The van der Waals surface area contributed by atoms with Crippen LogP contribution in [-0.4, -0.2) is 32.2 Å². The van der Waals surface area contributed by atoms with Crippen LogP contribution in [0.1, 0.15) is 10.4 Å². The Morgan fingerprint density at radius 2 is 1.52 bits per heavy atom. The number of amides is 1. The van der Waals surface area contributed by atoms with Crippen LogP contribution >= 0.6 is 0 Å². The Hall–Kier alpha value is -4.06. The molecule has 1 heterocycles. The highest BCUT2D eigenvalue weighted by Gasteiger charge is 2.16. The first-order valence-corrected chi connectivity index (χ1v) is 9.70. The standard InChI is InChI=1S/C25H22N2O4/c1-29-17-10-8-16(9-11-17)23-15-20(19-6-4-5-7-21(19)26-23)25(28)27-22-13-12-18(30-2)14-24(22)31-3/h4-15H,1-3H3,(H,27,28). The van der Waals surface area contributed by atoms with Crippen LogP contribution < -0.4 is 19.5 Å². The van der Waals surface area contributed by atoms with Crippen molar-refractivity contribution in [1.82, 2.24) is 4.98 Å². The molecule has 0 aliphatic carbocycles. The molecule has 1 N–H and O–H groups in total. The molecule has 0 saturated heterocycles. The van der Waals surface area contributed by atoms with Crippen molar-refractivity contribution >= 4 is 22.5 Å². The SMILES string of the molecule is COc1ccc(-c2cc(C(=O)Nc3ccc(OC)cc3OC)c3ccccc3n2)cc1. The number of nitrogens with zero attached hydrogens (tertiary/aromatic N) is 1. The van der Waals surface area contributed by atoms with Gasteiger partial charge in [-0.3, -0.25) is 4.79 Å². The van der Waals surface area contributed by atoms with Gasteiger partial charge in [-0.1, -0.05) is 18.2 Å². The molecule has 4 rings (SSSR count). The van der Waals surface area contributed by atoms with Gasteiger partial charge in [-0.05, 0) is 48.5 Å². The van der Waals surface area contributed by atoms with Crippen molar-refractivity contribution < 1.29 is 19.0 Å². The molecule has 0 saturated carbocycles. The summed E-state index contributed by atoms with van der Waals surface area (Å²) < 4.78 is 15.9. The van der Waals surface area contributed by atoms with Gasteiger partial charge in [0.2, 0.25) is 0 Å². The summed E-state index contributed by atoms with van der Waals surface area (Å²) in [6.07, 6.45) is 0. The third-order valence-corrected chi connectivity index (χ3v) is 5.00. The summed E-state index contributed by atoms with van der Waals surface area (Å²) in [5, 5.41) is 3.72. The van der Waals surface area contributed by atoms with E-state index in [9.17, 15) is 4.79 Å². The minimum atomic E-state index is -0.253. The lowest BCUT2D eigenvalue weighted by Gasteiger charge is -2.14. The number of rotatable bonds is 6. The maximum absolute atomic E-state index is 13.3. The summed E-state index contributed by atoms with van der Waals surface area (Å²) in [6.45, 7) is 0. The normalized spacial score (nSPS) is 10.5. The fraction of sp³-hybridized carbons (Fsp3) is 0.120. The number of para-hydroxylation sites is 1. The van der Waals surface area contributed by atoms with E-state index >= 15 is 0 Å². The molecule has 0 fully saturated rings. The van der Waals surface area contributed by atoms with E-state index in [1.54, 1.807) is 45.6 Å². The van der Waals surface area contributed by atoms with Crippen LogP contribution in [0.4, 0.5) is 5.69 Å². The van der Waals surface area contributed by atoms with Gasteiger partial charge < -0.3 is 19.5 Å². The third-order valence-electron chi connectivity index (χ3n) is 5.00. The van der Waals surface area contributed by atoms with E-state index in [1.807, 2.05) is 48.5 Å². The third kappa shape index (κ3) is 4.14. The molecule has 4 aromatic rings. The Bertz CT molecular complexity index is 1240. The van der Waals surface area contributed by atoms with Gasteiger partial charge in [-0.25, -0.2) is 4.98 Å². The Balaban J connectivity index is 1.76. The van der Waals surface area contributed by atoms with Crippen LogP contribution in [0.3, 0.4) is 0 Å². The number of fused-ring (bicyclic) bond motifs is 1. The van der Waals surface area contributed by atoms with Crippen LogP contribution in [0.15, 0.2) is 72.8 Å². The molecule has 0 spiro atoms. The number of carbonyl (C=O) groups is 1. The largest absolute Gasteiger partial charge is 0.497 e. The number of methoxy groups -OCH3 is 3. The van der Waals surface area contributed by atoms with Crippen molar-refractivity contribution in [2.24, 2.45) is 0 Å². The minimum Gasteiger partial charge on any atom is -0.497 e. The van der Waals surface area contributed by atoms with E-state index in [2.05, 4.69) is 5.32 Å². The van der Waals surface area contributed by atoms with Crippen LogP contribution in [0.2, 0.25) is 0 Å². The van der Waals surface area contributed by atoms with Gasteiger partial charge in [0.05, 0.1) is 43.8 Å². The molecule has 0 aliphatic rings. The average Bonchev–Trinajstić information content (AvgIpc) is 2.83. The quantitative estimate of drug-likeness (QED) is 0.471. The zero-order valence-electron chi connectivity index (χ0n) is 17.5. The molecule has 0 radical (unpaired) electrons. The number of benzene rings is 3. The number of hydrogen-bond acceptors (Lipinski definition) is 5. The van der Waals surface area contributed by atoms with E-state index in [0.29, 0.717) is 28.4 Å². The first-order chi connectivity index (χ1) is 15.1. The second-order valence-electron chi connectivity index (χ2n) is 6.82. The van der Waals surface area contributed by atoms with E-state index in [1.165, 1.54) is 0 Å². The van der Waals surface area contributed by atoms with Gasteiger partial charge in [0.25, 0.3) is 5.91 Å².